The van der Waals surface area contributed by atoms with Gasteiger partial charge in [-0.2, -0.15) is 0 Å². The van der Waals surface area contributed by atoms with Crippen LogP contribution < -0.4 is 0 Å². The molecule has 7 heteroatoms. The highest BCUT2D eigenvalue weighted by atomic mass is 16.6. The summed E-state index contributed by atoms with van der Waals surface area (Å²) in [6, 6.07) is 0.599. The molecule has 1 saturated carbocycles. The van der Waals surface area contributed by atoms with Crippen molar-refractivity contribution < 1.29 is 9.53 Å². The van der Waals surface area contributed by atoms with Gasteiger partial charge in [-0.15, -0.1) is 10.2 Å². The Balaban J connectivity index is 1.42. The average Bonchev–Trinajstić information content (AvgIpc) is 3.16. The fraction of sp³-hybridized carbons (Fsp3) is 0.842. The number of aromatic nitrogens is 3. The van der Waals surface area contributed by atoms with Crippen molar-refractivity contribution in [2.24, 2.45) is 0 Å². The maximum Gasteiger partial charge on any atom is 0.410 e. The van der Waals surface area contributed by atoms with Gasteiger partial charge in [0.25, 0.3) is 0 Å². The Bertz CT molecular complexity index is 626. The first-order chi connectivity index (χ1) is 12.6. The van der Waals surface area contributed by atoms with Gasteiger partial charge < -0.3 is 14.2 Å². The second-order valence-electron chi connectivity index (χ2n) is 8.25. The molecular weight excluding hydrogens is 330 g/mol. The van der Waals surface area contributed by atoms with Crippen molar-refractivity contribution in [2.45, 2.75) is 77.0 Å². The first kappa shape index (κ1) is 17.8. The van der Waals surface area contributed by atoms with Crippen molar-refractivity contribution in [3.8, 4) is 0 Å². The summed E-state index contributed by atoms with van der Waals surface area (Å²) >= 11 is 0. The standard InChI is InChI=1S/C19H31N5O2/c1-14(2)26-19(25)23-11-7-15(8-12-23)18-21-20-17(24(18)16-5-6-16)13-22-9-3-4-10-22/h14-16H,3-13H2,1-2H3. The van der Waals surface area contributed by atoms with E-state index in [0.29, 0.717) is 12.0 Å². The molecule has 0 atom stereocenters. The molecule has 26 heavy (non-hydrogen) atoms. The number of carbonyl (C=O) groups is 1. The highest BCUT2D eigenvalue weighted by Crippen LogP contribution is 2.40. The number of nitrogens with zero attached hydrogens (tertiary/aromatic N) is 5. The van der Waals surface area contributed by atoms with Crippen molar-refractivity contribution in [2.75, 3.05) is 26.2 Å². The normalized spacial score (nSPS) is 22.3. The molecule has 4 rings (SSSR count). The zero-order valence-electron chi connectivity index (χ0n) is 16.1. The van der Waals surface area contributed by atoms with Gasteiger partial charge in [0.05, 0.1) is 12.6 Å². The van der Waals surface area contributed by atoms with Gasteiger partial charge in [-0.25, -0.2) is 4.79 Å². The minimum atomic E-state index is -0.183. The number of carbonyl (C=O) groups excluding carboxylic acids is 1. The van der Waals surface area contributed by atoms with E-state index in [9.17, 15) is 4.79 Å². The molecule has 2 aliphatic heterocycles. The molecule has 3 fully saturated rings. The number of amides is 1. The molecule has 0 unspecified atom stereocenters. The lowest BCUT2D eigenvalue weighted by Gasteiger charge is -2.31. The predicted molar refractivity (Wildman–Crippen MR) is 98.0 cm³/mol. The third-order valence-corrected chi connectivity index (χ3v) is 5.72. The topological polar surface area (TPSA) is 63.5 Å². The summed E-state index contributed by atoms with van der Waals surface area (Å²) in [6.07, 6.45) is 6.74. The van der Waals surface area contributed by atoms with E-state index < -0.39 is 0 Å². The predicted octanol–water partition coefficient (Wildman–Crippen LogP) is 2.93. The van der Waals surface area contributed by atoms with Crippen molar-refractivity contribution in [3.05, 3.63) is 11.6 Å². The molecule has 0 bridgehead atoms. The van der Waals surface area contributed by atoms with E-state index in [1.165, 1.54) is 38.8 Å². The van der Waals surface area contributed by atoms with E-state index in [4.69, 9.17) is 4.74 Å². The van der Waals surface area contributed by atoms with Crippen LogP contribution in [0.2, 0.25) is 0 Å². The lowest BCUT2D eigenvalue weighted by atomic mass is 9.96. The zero-order chi connectivity index (χ0) is 18.1. The quantitative estimate of drug-likeness (QED) is 0.807. The fourth-order valence-corrected chi connectivity index (χ4v) is 4.19. The molecule has 1 amide bonds. The second-order valence-corrected chi connectivity index (χ2v) is 8.25. The van der Waals surface area contributed by atoms with E-state index in [1.54, 1.807) is 0 Å². The molecule has 2 saturated heterocycles. The molecule has 1 aromatic rings. The monoisotopic (exact) mass is 361 g/mol. The van der Waals surface area contributed by atoms with Gasteiger partial charge in [0.1, 0.15) is 11.6 Å². The number of ether oxygens (including phenoxy) is 1. The number of hydrogen-bond acceptors (Lipinski definition) is 5. The summed E-state index contributed by atoms with van der Waals surface area (Å²) < 4.78 is 7.76. The van der Waals surface area contributed by atoms with Gasteiger partial charge in [-0.3, -0.25) is 4.90 Å². The molecule has 3 heterocycles. The lowest BCUT2D eigenvalue weighted by molar-refractivity contribution is 0.0687. The Labute approximate surface area is 155 Å². The van der Waals surface area contributed by atoms with Crippen molar-refractivity contribution >= 4 is 6.09 Å². The maximum atomic E-state index is 12.1. The van der Waals surface area contributed by atoms with Crippen LogP contribution in [0.5, 0.6) is 0 Å². The summed E-state index contributed by atoms with van der Waals surface area (Å²) in [4.78, 5) is 16.4. The van der Waals surface area contributed by atoms with E-state index in [-0.39, 0.29) is 12.2 Å². The second kappa shape index (κ2) is 7.55. The Morgan fingerprint density at radius 3 is 2.38 bits per heavy atom. The number of likely N-dealkylation sites (tertiary alicyclic amines) is 2. The minimum Gasteiger partial charge on any atom is -0.447 e. The van der Waals surface area contributed by atoms with Crippen molar-refractivity contribution in [1.29, 1.82) is 0 Å². The molecule has 0 aromatic carbocycles. The Morgan fingerprint density at radius 2 is 1.77 bits per heavy atom. The molecule has 0 spiro atoms. The van der Waals surface area contributed by atoms with Crippen LogP contribution in [0.1, 0.15) is 76.0 Å². The summed E-state index contributed by atoms with van der Waals surface area (Å²) in [7, 11) is 0. The van der Waals surface area contributed by atoms with Gasteiger partial charge >= 0.3 is 6.09 Å². The zero-order valence-corrected chi connectivity index (χ0v) is 16.1. The van der Waals surface area contributed by atoms with E-state index in [1.807, 2.05) is 18.7 Å². The molecule has 7 nitrogen and oxygen atoms in total. The highest BCUT2D eigenvalue weighted by Gasteiger charge is 2.35. The maximum absolute atomic E-state index is 12.1. The first-order valence-corrected chi connectivity index (χ1v) is 10.2. The van der Waals surface area contributed by atoms with Gasteiger partial charge in [0, 0.05) is 25.0 Å². The summed E-state index contributed by atoms with van der Waals surface area (Å²) in [5.41, 5.74) is 0. The molecule has 1 aliphatic carbocycles. The number of piperidine rings is 1. The Hall–Kier alpha value is -1.63. The van der Waals surface area contributed by atoms with Crippen molar-refractivity contribution in [3.63, 3.8) is 0 Å². The van der Waals surface area contributed by atoms with Gasteiger partial charge in [-0.05, 0) is 65.5 Å². The van der Waals surface area contributed by atoms with Crippen molar-refractivity contribution in [1.82, 2.24) is 24.6 Å². The molecular formula is C19H31N5O2. The van der Waals surface area contributed by atoms with Crippen LogP contribution in [-0.4, -0.2) is 62.9 Å². The van der Waals surface area contributed by atoms with Crippen LogP contribution >= 0.6 is 0 Å². The number of hydrogen-bond donors (Lipinski definition) is 0. The van der Waals surface area contributed by atoms with Gasteiger partial charge in [0.15, 0.2) is 0 Å². The van der Waals surface area contributed by atoms with Crippen LogP contribution in [0.3, 0.4) is 0 Å². The van der Waals surface area contributed by atoms with Crippen LogP contribution in [0.25, 0.3) is 0 Å². The molecule has 0 radical (unpaired) electrons. The van der Waals surface area contributed by atoms with Crippen LogP contribution in [0, 0.1) is 0 Å². The Kier molecular flexibility index (Phi) is 5.16. The molecule has 144 valence electrons. The van der Waals surface area contributed by atoms with Gasteiger partial charge in [-0.1, -0.05) is 0 Å². The molecule has 1 aromatic heterocycles. The summed E-state index contributed by atoms with van der Waals surface area (Å²) in [5.74, 6) is 2.70. The third-order valence-electron chi connectivity index (χ3n) is 5.72. The largest absolute Gasteiger partial charge is 0.447 e. The van der Waals surface area contributed by atoms with Crippen LogP contribution in [0.15, 0.2) is 0 Å². The smallest absolute Gasteiger partial charge is 0.410 e. The van der Waals surface area contributed by atoms with Gasteiger partial charge in [0.2, 0.25) is 0 Å². The minimum absolute atomic E-state index is 0.0636. The number of rotatable bonds is 5. The summed E-state index contributed by atoms with van der Waals surface area (Å²) in [6.45, 7) is 8.58. The molecule has 0 N–H and O–H groups in total. The SMILES string of the molecule is CC(C)OC(=O)N1CCC(c2nnc(CN3CCCC3)n2C2CC2)CC1. The van der Waals surface area contributed by atoms with E-state index in [2.05, 4.69) is 19.7 Å². The van der Waals surface area contributed by atoms with Crippen LogP contribution in [0.4, 0.5) is 4.79 Å². The third kappa shape index (κ3) is 3.87. The average molecular weight is 361 g/mol. The molecule has 3 aliphatic rings. The van der Waals surface area contributed by atoms with Crippen LogP contribution in [-0.2, 0) is 11.3 Å². The fourth-order valence-electron chi connectivity index (χ4n) is 4.19. The van der Waals surface area contributed by atoms with E-state index >= 15 is 0 Å². The lowest BCUT2D eigenvalue weighted by Crippen LogP contribution is -2.39. The first-order valence-electron chi connectivity index (χ1n) is 10.2. The highest BCUT2D eigenvalue weighted by molar-refractivity contribution is 5.67. The summed E-state index contributed by atoms with van der Waals surface area (Å²) in [5, 5.41) is 9.19. The van der Waals surface area contributed by atoms with E-state index in [0.717, 1.165) is 44.1 Å². The Morgan fingerprint density at radius 1 is 1.08 bits per heavy atom.